The summed E-state index contributed by atoms with van der Waals surface area (Å²) in [6.45, 7) is 2.40. The van der Waals surface area contributed by atoms with Crippen molar-refractivity contribution in [1.29, 1.82) is 0 Å². The van der Waals surface area contributed by atoms with Crippen LogP contribution in [0.5, 0.6) is 5.75 Å². The summed E-state index contributed by atoms with van der Waals surface area (Å²) in [5.74, 6) is 2.51. The Kier molecular flexibility index (Phi) is 4.65. The van der Waals surface area contributed by atoms with Gasteiger partial charge in [-0.3, -0.25) is 4.79 Å². The van der Waals surface area contributed by atoms with Gasteiger partial charge in [-0.05, 0) is 56.1 Å². The Morgan fingerprint density at radius 3 is 2.95 bits per heavy atom. The van der Waals surface area contributed by atoms with E-state index in [1.54, 1.807) is 12.1 Å². The number of carbonyl (C=O) groups excluding carboxylic acids is 1. The second-order valence-corrected chi connectivity index (χ2v) is 6.75. The van der Waals surface area contributed by atoms with E-state index in [-0.39, 0.29) is 24.4 Å². The summed E-state index contributed by atoms with van der Waals surface area (Å²) in [5, 5.41) is 3.11. The third-order valence-corrected chi connectivity index (χ3v) is 5.22. The molecule has 4 atom stereocenters. The van der Waals surface area contributed by atoms with Crippen LogP contribution in [0.2, 0.25) is 0 Å². The van der Waals surface area contributed by atoms with Gasteiger partial charge in [0.1, 0.15) is 11.6 Å². The maximum atomic E-state index is 13.0. The minimum absolute atomic E-state index is 0.0201. The van der Waals surface area contributed by atoms with Crippen LogP contribution < -0.4 is 10.1 Å². The van der Waals surface area contributed by atoms with Gasteiger partial charge in [-0.25, -0.2) is 4.39 Å². The summed E-state index contributed by atoms with van der Waals surface area (Å²) in [7, 11) is 0. The van der Waals surface area contributed by atoms with Crippen molar-refractivity contribution >= 4 is 5.91 Å². The fourth-order valence-electron chi connectivity index (χ4n) is 4.16. The lowest BCUT2D eigenvalue weighted by Crippen LogP contribution is -2.40. The first kappa shape index (κ1) is 15.3. The van der Waals surface area contributed by atoms with Crippen molar-refractivity contribution in [2.75, 3.05) is 6.61 Å². The number of halogens is 1. The number of hydrogen-bond acceptors (Lipinski definition) is 2. The summed E-state index contributed by atoms with van der Waals surface area (Å²) in [6, 6.07) is 6.24. The number of benzene rings is 1. The summed E-state index contributed by atoms with van der Waals surface area (Å²) in [6.07, 6.45) is 5.64. The molecule has 1 aromatic carbocycles. The summed E-state index contributed by atoms with van der Waals surface area (Å²) < 4.78 is 18.4. The predicted molar refractivity (Wildman–Crippen MR) is 83.1 cm³/mol. The molecule has 2 bridgehead atoms. The van der Waals surface area contributed by atoms with Crippen LogP contribution in [0.4, 0.5) is 4.39 Å². The first-order valence-corrected chi connectivity index (χ1v) is 8.29. The standard InChI is InChI=1S/C18H24FNO2/c1-12(17-10-13-5-6-14(17)9-13)20-18(21)7-8-22-16-4-2-3-15(19)11-16/h2-4,11-14,17H,5-10H2,1H3,(H,20,21)/t12-,13-,14-,17-/m0/s1. The van der Waals surface area contributed by atoms with E-state index in [9.17, 15) is 9.18 Å². The Labute approximate surface area is 131 Å². The molecule has 2 aliphatic rings. The van der Waals surface area contributed by atoms with Crippen LogP contribution in [0.25, 0.3) is 0 Å². The molecule has 1 aromatic rings. The highest BCUT2D eigenvalue weighted by molar-refractivity contribution is 5.76. The molecule has 0 unspecified atom stereocenters. The average Bonchev–Trinajstić information content (AvgIpc) is 3.10. The second-order valence-electron chi connectivity index (χ2n) is 6.75. The molecule has 3 rings (SSSR count). The number of carbonyl (C=O) groups is 1. The van der Waals surface area contributed by atoms with Gasteiger partial charge >= 0.3 is 0 Å². The van der Waals surface area contributed by atoms with Crippen molar-refractivity contribution in [2.24, 2.45) is 17.8 Å². The highest BCUT2D eigenvalue weighted by Gasteiger charge is 2.42. The van der Waals surface area contributed by atoms with Gasteiger partial charge in [0.2, 0.25) is 5.91 Å². The molecule has 2 fully saturated rings. The number of fused-ring (bicyclic) bond motifs is 2. The molecule has 4 heteroatoms. The minimum atomic E-state index is -0.327. The molecular formula is C18H24FNO2. The number of hydrogen-bond donors (Lipinski definition) is 1. The van der Waals surface area contributed by atoms with E-state index in [2.05, 4.69) is 12.2 Å². The van der Waals surface area contributed by atoms with E-state index in [0.29, 0.717) is 18.1 Å². The van der Waals surface area contributed by atoms with Crippen LogP contribution >= 0.6 is 0 Å². The molecule has 2 aliphatic carbocycles. The first-order valence-electron chi connectivity index (χ1n) is 8.29. The molecule has 3 nitrogen and oxygen atoms in total. The van der Waals surface area contributed by atoms with Gasteiger partial charge in [0.25, 0.3) is 0 Å². The number of amides is 1. The highest BCUT2D eigenvalue weighted by atomic mass is 19.1. The normalized spacial score (nSPS) is 27.6. The number of ether oxygens (including phenoxy) is 1. The molecular weight excluding hydrogens is 281 g/mol. The molecule has 0 saturated heterocycles. The van der Waals surface area contributed by atoms with Gasteiger partial charge in [-0.2, -0.15) is 0 Å². The first-order chi connectivity index (χ1) is 10.6. The SMILES string of the molecule is C[C@H](NC(=O)CCOc1cccc(F)c1)[C@@H]1C[C@H]2CC[C@H]1C2. The lowest BCUT2D eigenvalue weighted by atomic mass is 9.84. The Hall–Kier alpha value is -1.58. The third kappa shape index (κ3) is 3.60. The van der Waals surface area contributed by atoms with E-state index >= 15 is 0 Å². The predicted octanol–water partition coefficient (Wildman–Crippen LogP) is 3.54. The highest BCUT2D eigenvalue weighted by Crippen LogP contribution is 2.49. The van der Waals surface area contributed by atoms with E-state index in [1.165, 1.54) is 37.8 Å². The molecule has 120 valence electrons. The lowest BCUT2D eigenvalue weighted by molar-refractivity contribution is -0.122. The van der Waals surface area contributed by atoms with E-state index in [1.807, 2.05) is 0 Å². The largest absolute Gasteiger partial charge is 0.493 e. The third-order valence-electron chi connectivity index (χ3n) is 5.22. The molecule has 2 saturated carbocycles. The Bertz CT molecular complexity index is 534. The minimum Gasteiger partial charge on any atom is -0.493 e. The van der Waals surface area contributed by atoms with Crippen LogP contribution in [0.3, 0.4) is 0 Å². The molecule has 22 heavy (non-hydrogen) atoms. The lowest BCUT2D eigenvalue weighted by Gasteiger charge is -2.28. The van der Waals surface area contributed by atoms with Gasteiger partial charge in [0.15, 0.2) is 0 Å². The van der Waals surface area contributed by atoms with Gasteiger partial charge in [-0.1, -0.05) is 12.5 Å². The van der Waals surface area contributed by atoms with Gasteiger partial charge in [0.05, 0.1) is 13.0 Å². The molecule has 0 radical (unpaired) electrons. The zero-order chi connectivity index (χ0) is 15.5. The van der Waals surface area contributed by atoms with Crippen LogP contribution in [-0.2, 0) is 4.79 Å². The van der Waals surface area contributed by atoms with Crippen molar-refractivity contribution in [3.8, 4) is 5.75 Å². The van der Waals surface area contributed by atoms with E-state index in [4.69, 9.17) is 4.74 Å². The monoisotopic (exact) mass is 305 g/mol. The maximum Gasteiger partial charge on any atom is 0.223 e. The zero-order valence-corrected chi connectivity index (χ0v) is 13.1. The van der Waals surface area contributed by atoms with Crippen molar-refractivity contribution in [3.63, 3.8) is 0 Å². The van der Waals surface area contributed by atoms with Crippen LogP contribution in [0.1, 0.15) is 39.0 Å². The van der Waals surface area contributed by atoms with Crippen molar-refractivity contribution in [2.45, 2.75) is 45.1 Å². The fourth-order valence-corrected chi connectivity index (χ4v) is 4.16. The molecule has 0 aliphatic heterocycles. The Morgan fingerprint density at radius 1 is 1.41 bits per heavy atom. The van der Waals surface area contributed by atoms with Crippen molar-refractivity contribution in [3.05, 3.63) is 30.1 Å². The fraction of sp³-hybridized carbons (Fsp3) is 0.611. The molecule has 1 amide bonds. The van der Waals surface area contributed by atoms with Crippen LogP contribution in [-0.4, -0.2) is 18.6 Å². The molecule has 0 spiro atoms. The van der Waals surface area contributed by atoms with Gasteiger partial charge in [0, 0.05) is 12.1 Å². The number of rotatable bonds is 6. The molecule has 0 aromatic heterocycles. The van der Waals surface area contributed by atoms with Crippen molar-refractivity contribution < 1.29 is 13.9 Å². The van der Waals surface area contributed by atoms with Gasteiger partial charge < -0.3 is 10.1 Å². The second kappa shape index (κ2) is 6.67. The summed E-state index contributed by atoms with van der Waals surface area (Å²) in [5.41, 5.74) is 0. The Balaban J connectivity index is 1.39. The Morgan fingerprint density at radius 2 is 2.27 bits per heavy atom. The molecule has 0 heterocycles. The van der Waals surface area contributed by atoms with Gasteiger partial charge in [-0.15, -0.1) is 0 Å². The average molecular weight is 305 g/mol. The van der Waals surface area contributed by atoms with Crippen molar-refractivity contribution in [1.82, 2.24) is 5.32 Å². The zero-order valence-electron chi connectivity index (χ0n) is 13.1. The van der Waals surface area contributed by atoms with E-state index < -0.39 is 0 Å². The maximum absolute atomic E-state index is 13.0. The summed E-state index contributed by atoms with van der Waals surface area (Å²) >= 11 is 0. The topological polar surface area (TPSA) is 38.3 Å². The van der Waals surface area contributed by atoms with E-state index in [0.717, 1.165) is 11.8 Å². The number of nitrogens with one attached hydrogen (secondary N) is 1. The smallest absolute Gasteiger partial charge is 0.223 e. The molecule has 1 N–H and O–H groups in total. The summed E-state index contributed by atoms with van der Waals surface area (Å²) in [4.78, 5) is 12.0. The van der Waals surface area contributed by atoms with Crippen LogP contribution in [0.15, 0.2) is 24.3 Å². The van der Waals surface area contributed by atoms with Crippen LogP contribution in [0, 0.1) is 23.6 Å². The quantitative estimate of drug-likeness (QED) is 0.873.